The first-order valence-corrected chi connectivity index (χ1v) is 9.80. The van der Waals surface area contributed by atoms with E-state index in [2.05, 4.69) is 11.4 Å². The lowest BCUT2D eigenvalue weighted by Gasteiger charge is -2.30. The summed E-state index contributed by atoms with van der Waals surface area (Å²) in [5, 5.41) is 21.4. The smallest absolute Gasteiger partial charge is 0.341 e. The van der Waals surface area contributed by atoms with Crippen LogP contribution in [0.15, 0.2) is 17.1 Å². The number of nitrogens with one attached hydrogen (secondary N) is 1. The van der Waals surface area contributed by atoms with Crippen LogP contribution in [-0.2, 0) is 0 Å². The van der Waals surface area contributed by atoms with E-state index in [4.69, 9.17) is 10.00 Å². The first-order chi connectivity index (χ1) is 13.9. The summed E-state index contributed by atoms with van der Waals surface area (Å²) in [7, 11) is 0. The number of halogens is 1. The van der Waals surface area contributed by atoms with Crippen molar-refractivity contribution in [1.82, 2.24) is 9.88 Å². The average Bonchev–Trinajstić information content (AvgIpc) is 3.14. The standard InChI is InChI=1S/C21H22FN3O4/c1-11-10-29-20-17(12-3-4-13(7-12)24-6-2-5-23)16(22)8-14-18(20)25(11)9-15(19(14)26)21(27)28/h8-9,11-13,24H,2-4,6-7,10H2,1H3,(H,27,28). The molecule has 152 valence electrons. The van der Waals surface area contributed by atoms with Crippen LogP contribution in [0.3, 0.4) is 0 Å². The topological polar surface area (TPSA) is 104 Å². The van der Waals surface area contributed by atoms with Gasteiger partial charge in [0.15, 0.2) is 0 Å². The SMILES string of the molecule is CC1COc2c(C3CCC(NCCC#N)C3)c(F)cc3c(=O)c(C(=O)O)cn1c23. The Morgan fingerprint density at radius 2 is 2.28 bits per heavy atom. The van der Waals surface area contributed by atoms with Crippen molar-refractivity contribution in [2.24, 2.45) is 0 Å². The Kier molecular flexibility index (Phi) is 5.01. The molecule has 7 nitrogen and oxygen atoms in total. The van der Waals surface area contributed by atoms with Crippen molar-refractivity contribution < 1.29 is 19.0 Å². The van der Waals surface area contributed by atoms with Crippen LogP contribution in [0.5, 0.6) is 5.75 Å². The first kappa shape index (κ1) is 19.4. The lowest BCUT2D eigenvalue weighted by molar-refractivity contribution is 0.0694. The molecule has 0 bridgehead atoms. The highest BCUT2D eigenvalue weighted by Gasteiger charge is 2.34. The maximum absolute atomic E-state index is 15.2. The van der Waals surface area contributed by atoms with Crippen LogP contribution in [0.4, 0.5) is 4.39 Å². The molecule has 2 aliphatic rings. The number of carboxylic acids is 1. The van der Waals surface area contributed by atoms with Crippen molar-refractivity contribution in [1.29, 1.82) is 5.26 Å². The van der Waals surface area contributed by atoms with Crippen molar-refractivity contribution in [3.05, 3.63) is 39.4 Å². The summed E-state index contributed by atoms with van der Waals surface area (Å²) in [5.41, 5.74) is -0.135. The fourth-order valence-electron chi connectivity index (χ4n) is 4.54. The van der Waals surface area contributed by atoms with Gasteiger partial charge in [0, 0.05) is 30.8 Å². The molecule has 2 N–H and O–H groups in total. The third-order valence-electron chi connectivity index (χ3n) is 5.94. The number of benzene rings is 1. The fourth-order valence-corrected chi connectivity index (χ4v) is 4.54. The molecule has 1 saturated carbocycles. The normalized spacial score (nSPS) is 23.0. The van der Waals surface area contributed by atoms with Gasteiger partial charge in [-0.2, -0.15) is 5.26 Å². The van der Waals surface area contributed by atoms with E-state index in [1.165, 1.54) is 6.20 Å². The third kappa shape index (κ3) is 3.25. The zero-order valence-electron chi connectivity index (χ0n) is 16.1. The maximum atomic E-state index is 15.2. The molecule has 1 fully saturated rings. The number of rotatable bonds is 5. The average molecular weight is 399 g/mol. The van der Waals surface area contributed by atoms with E-state index < -0.39 is 17.2 Å². The number of carbonyl (C=O) groups is 1. The molecule has 0 spiro atoms. The summed E-state index contributed by atoms with van der Waals surface area (Å²) in [6, 6.07) is 3.29. The second-order valence-corrected chi connectivity index (χ2v) is 7.81. The molecule has 8 heteroatoms. The second kappa shape index (κ2) is 7.48. The molecular formula is C21H22FN3O4. The van der Waals surface area contributed by atoms with Crippen LogP contribution < -0.4 is 15.5 Å². The Hall–Kier alpha value is -2.92. The molecule has 3 atom stereocenters. The van der Waals surface area contributed by atoms with Crippen LogP contribution in [0.2, 0.25) is 0 Å². The number of hydrogen-bond acceptors (Lipinski definition) is 5. The van der Waals surface area contributed by atoms with Crippen molar-refractivity contribution >= 4 is 16.9 Å². The molecule has 1 aliphatic heterocycles. The molecule has 2 aromatic rings. The van der Waals surface area contributed by atoms with Gasteiger partial charge < -0.3 is 19.7 Å². The second-order valence-electron chi connectivity index (χ2n) is 7.81. The number of nitrogens with zero attached hydrogens (tertiary/aromatic N) is 2. The first-order valence-electron chi connectivity index (χ1n) is 9.80. The third-order valence-corrected chi connectivity index (χ3v) is 5.94. The number of aromatic carboxylic acids is 1. The van der Waals surface area contributed by atoms with E-state index >= 15 is 4.39 Å². The summed E-state index contributed by atoms with van der Waals surface area (Å²) >= 11 is 0. The fraction of sp³-hybridized carbons (Fsp3) is 0.476. The van der Waals surface area contributed by atoms with E-state index in [9.17, 15) is 14.7 Å². The summed E-state index contributed by atoms with van der Waals surface area (Å²) in [6.45, 7) is 2.75. The summed E-state index contributed by atoms with van der Waals surface area (Å²) in [6.07, 6.45) is 4.13. The highest BCUT2D eigenvalue weighted by Crippen LogP contribution is 2.45. The molecule has 2 heterocycles. The Labute approximate surface area is 166 Å². The summed E-state index contributed by atoms with van der Waals surface area (Å²) in [4.78, 5) is 24.1. The molecular weight excluding hydrogens is 377 g/mol. The number of aromatic nitrogens is 1. The highest BCUT2D eigenvalue weighted by molar-refractivity contribution is 5.95. The van der Waals surface area contributed by atoms with Crippen molar-refractivity contribution in [3.8, 4) is 11.8 Å². The zero-order chi connectivity index (χ0) is 20.7. The molecule has 0 saturated heterocycles. The van der Waals surface area contributed by atoms with Crippen LogP contribution in [-0.4, -0.2) is 34.8 Å². The van der Waals surface area contributed by atoms with Gasteiger partial charge in [0.1, 0.15) is 23.7 Å². The number of carboxylic acid groups (broad SMARTS) is 1. The van der Waals surface area contributed by atoms with Gasteiger partial charge in [0.25, 0.3) is 0 Å². The minimum Gasteiger partial charge on any atom is -0.489 e. The van der Waals surface area contributed by atoms with E-state index in [0.717, 1.165) is 25.3 Å². The van der Waals surface area contributed by atoms with E-state index in [1.54, 1.807) is 4.57 Å². The number of nitriles is 1. The predicted molar refractivity (Wildman–Crippen MR) is 104 cm³/mol. The molecule has 1 aliphatic carbocycles. The Morgan fingerprint density at radius 1 is 1.48 bits per heavy atom. The van der Waals surface area contributed by atoms with Crippen LogP contribution in [0.1, 0.15) is 60.5 Å². The molecule has 3 unspecified atom stereocenters. The molecule has 4 rings (SSSR count). The highest BCUT2D eigenvalue weighted by atomic mass is 19.1. The monoisotopic (exact) mass is 399 g/mol. The molecule has 1 aromatic heterocycles. The maximum Gasteiger partial charge on any atom is 0.341 e. The van der Waals surface area contributed by atoms with E-state index in [-0.39, 0.29) is 35.6 Å². The Balaban J connectivity index is 1.81. The largest absolute Gasteiger partial charge is 0.489 e. The van der Waals surface area contributed by atoms with Crippen LogP contribution in [0, 0.1) is 17.1 Å². The molecule has 0 radical (unpaired) electrons. The quantitative estimate of drug-likeness (QED) is 0.749. The van der Waals surface area contributed by atoms with Gasteiger partial charge in [0.2, 0.25) is 5.43 Å². The van der Waals surface area contributed by atoms with Crippen molar-refractivity contribution in [2.75, 3.05) is 13.2 Å². The van der Waals surface area contributed by atoms with Gasteiger partial charge >= 0.3 is 5.97 Å². The number of hydrogen-bond donors (Lipinski definition) is 2. The number of ether oxygens (including phenoxy) is 1. The van der Waals surface area contributed by atoms with Crippen molar-refractivity contribution in [3.63, 3.8) is 0 Å². The van der Waals surface area contributed by atoms with Crippen molar-refractivity contribution in [2.45, 2.75) is 50.6 Å². The Bertz CT molecular complexity index is 1090. The molecule has 1 aromatic carbocycles. The molecule has 0 amide bonds. The minimum atomic E-state index is -1.33. The van der Waals surface area contributed by atoms with E-state index in [0.29, 0.717) is 29.8 Å². The molecule has 29 heavy (non-hydrogen) atoms. The van der Waals surface area contributed by atoms with Gasteiger partial charge in [0.05, 0.1) is 23.0 Å². The Morgan fingerprint density at radius 3 is 3.00 bits per heavy atom. The van der Waals surface area contributed by atoms with Crippen LogP contribution in [0.25, 0.3) is 10.9 Å². The van der Waals surface area contributed by atoms with Gasteiger partial charge in [-0.25, -0.2) is 9.18 Å². The summed E-state index contributed by atoms with van der Waals surface area (Å²) < 4.78 is 22.8. The predicted octanol–water partition coefficient (Wildman–Crippen LogP) is 2.93. The zero-order valence-corrected chi connectivity index (χ0v) is 16.1. The van der Waals surface area contributed by atoms with Gasteiger partial charge in [-0.3, -0.25) is 4.79 Å². The van der Waals surface area contributed by atoms with Crippen LogP contribution >= 0.6 is 0 Å². The van der Waals surface area contributed by atoms with Gasteiger partial charge in [-0.1, -0.05) is 0 Å². The lowest BCUT2D eigenvalue weighted by atomic mass is 9.92. The van der Waals surface area contributed by atoms with E-state index in [1.807, 2.05) is 6.92 Å². The lowest BCUT2D eigenvalue weighted by Crippen LogP contribution is -2.28. The summed E-state index contributed by atoms with van der Waals surface area (Å²) in [5.74, 6) is -1.57. The van der Waals surface area contributed by atoms with Gasteiger partial charge in [-0.15, -0.1) is 0 Å². The minimum absolute atomic E-state index is 0.0365. The van der Waals surface area contributed by atoms with Gasteiger partial charge in [-0.05, 0) is 38.2 Å². The number of pyridine rings is 1.